The van der Waals surface area contributed by atoms with Crippen molar-refractivity contribution in [1.82, 2.24) is 20.0 Å². The second-order valence-corrected chi connectivity index (χ2v) is 5.43. The highest BCUT2D eigenvalue weighted by Gasteiger charge is 2.23. The normalized spacial score (nSPS) is 12.2. The fourth-order valence-corrected chi connectivity index (χ4v) is 2.31. The van der Waals surface area contributed by atoms with E-state index < -0.39 is 6.04 Å². The number of halogens is 1. The molecule has 1 heterocycles. The molecule has 0 radical (unpaired) electrons. The molecule has 0 spiro atoms. The summed E-state index contributed by atoms with van der Waals surface area (Å²) in [6, 6.07) is 7.10. The van der Waals surface area contributed by atoms with Crippen LogP contribution in [0.2, 0.25) is 5.02 Å². The summed E-state index contributed by atoms with van der Waals surface area (Å²) in [5.74, 6) is 0.000417. The van der Waals surface area contributed by atoms with Crippen molar-refractivity contribution in [3.63, 3.8) is 0 Å². The van der Waals surface area contributed by atoms with Gasteiger partial charge in [0.1, 0.15) is 6.04 Å². The van der Waals surface area contributed by atoms with Crippen LogP contribution in [0, 0.1) is 0 Å². The maximum Gasteiger partial charge on any atom is 0.244 e. The Bertz CT molecular complexity index is 608. The van der Waals surface area contributed by atoms with Gasteiger partial charge in [-0.05, 0) is 24.7 Å². The standard InChI is InChI=1S/C15H19ClN4O/c1-17-14(12-8-18-20(3)10-12)15(21)19(2)9-11-4-6-13(16)7-5-11/h4-8,10,14,17H,9H2,1-3H3. The summed E-state index contributed by atoms with van der Waals surface area (Å²) < 4.78 is 1.69. The summed E-state index contributed by atoms with van der Waals surface area (Å²) in [5, 5.41) is 7.84. The van der Waals surface area contributed by atoms with E-state index in [1.54, 1.807) is 29.9 Å². The summed E-state index contributed by atoms with van der Waals surface area (Å²) >= 11 is 5.87. The number of amides is 1. The van der Waals surface area contributed by atoms with E-state index >= 15 is 0 Å². The minimum Gasteiger partial charge on any atom is -0.340 e. The molecule has 0 fully saturated rings. The lowest BCUT2D eigenvalue weighted by molar-refractivity contribution is -0.132. The minimum absolute atomic E-state index is 0.000417. The van der Waals surface area contributed by atoms with E-state index in [2.05, 4.69) is 10.4 Å². The third kappa shape index (κ3) is 3.83. The predicted octanol–water partition coefficient (Wildman–Crippen LogP) is 1.99. The molecule has 0 aliphatic carbocycles. The summed E-state index contributed by atoms with van der Waals surface area (Å²) in [6.45, 7) is 0.536. The fraction of sp³-hybridized carbons (Fsp3) is 0.333. The van der Waals surface area contributed by atoms with Crippen molar-refractivity contribution < 1.29 is 4.79 Å². The Morgan fingerprint density at radius 3 is 2.62 bits per heavy atom. The molecule has 21 heavy (non-hydrogen) atoms. The number of nitrogens with zero attached hydrogens (tertiary/aromatic N) is 3. The van der Waals surface area contributed by atoms with Crippen LogP contribution in [0.1, 0.15) is 17.2 Å². The number of hydrogen-bond donors (Lipinski definition) is 1. The Kier molecular flexibility index (Phi) is 4.98. The number of benzene rings is 1. The van der Waals surface area contributed by atoms with Crippen molar-refractivity contribution in [3.8, 4) is 0 Å². The van der Waals surface area contributed by atoms with Crippen molar-refractivity contribution in [1.29, 1.82) is 0 Å². The summed E-state index contributed by atoms with van der Waals surface area (Å²) in [5.41, 5.74) is 1.89. The van der Waals surface area contributed by atoms with Gasteiger partial charge in [-0.2, -0.15) is 5.10 Å². The average Bonchev–Trinajstić information content (AvgIpc) is 2.88. The number of hydrogen-bond acceptors (Lipinski definition) is 3. The maximum atomic E-state index is 12.6. The lowest BCUT2D eigenvalue weighted by Crippen LogP contribution is -2.37. The molecule has 0 aliphatic rings. The third-order valence-electron chi connectivity index (χ3n) is 3.30. The van der Waals surface area contributed by atoms with Crippen molar-refractivity contribution in [3.05, 3.63) is 52.8 Å². The summed E-state index contributed by atoms with van der Waals surface area (Å²) in [6.07, 6.45) is 3.55. The largest absolute Gasteiger partial charge is 0.340 e. The zero-order chi connectivity index (χ0) is 15.4. The third-order valence-corrected chi connectivity index (χ3v) is 3.56. The second kappa shape index (κ2) is 6.74. The van der Waals surface area contributed by atoms with Crippen LogP contribution in [0.25, 0.3) is 0 Å². The topological polar surface area (TPSA) is 50.2 Å². The van der Waals surface area contributed by atoms with Crippen LogP contribution in [0.3, 0.4) is 0 Å². The molecular weight excluding hydrogens is 288 g/mol. The van der Waals surface area contributed by atoms with Crippen LogP contribution in [0.5, 0.6) is 0 Å². The highest BCUT2D eigenvalue weighted by Crippen LogP contribution is 2.16. The van der Waals surface area contributed by atoms with Crippen LogP contribution >= 0.6 is 11.6 Å². The molecule has 1 aromatic heterocycles. The average molecular weight is 307 g/mol. The van der Waals surface area contributed by atoms with Crippen molar-refractivity contribution >= 4 is 17.5 Å². The van der Waals surface area contributed by atoms with Crippen molar-refractivity contribution in [2.45, 2.75) is 12.6 Å². The molecule has 6 heteroatoms. The van der Waals surface area contributed by atoms with Crippen LogP contribution < -0.4 is 5.32 Å². The first-order valence-corrected chi connectivity index (χ1v) is 7.04. The van der Waals surface area contributed by atoms with Gasteiger partial charge in [-0.3, -0.25) is 9.48 Å². The fourth-order valence-electron chi connectivity index (χ4n) is 2.18. The van der Waals surface area contributed by atoms with E-state index in [0.717, 1.165) is 11.1 Å². The Morgan fingerprint density at radius 2 is 2.10 bits per heavy atom. The van der Waals surface area contributed by atoms with Crippen molar-refractivity contribution in [2.24, 2.45) is 7.05 Å². The maximum absolute atomic E-state index is 12.6. The smallest absolute Gasteiger partial charge is 0.244 e. The number of aromatic nitrogens is 2. The number of aryl methyl sites for hydroxylation is 1. The molecule has 0 saturated heterocycles. The molecule has 0 bridgehead atoms. The van der Waals surface area contributed by atoms with Gasteiger partial charge in [0, 0.05) is 37.4 Å². The van der Waals surface area contributed by atoms with Gasteiger partial charge in [0.25, 0.3) is 0 Å². The molecule has 1 aromatic carbocycles. The zero-order valence-corrected chi connectivity index (χ0v) is 13.1. The predicted molar refractivity (Wildman–Crippen MR) is 82.9 cm³/mol. The lowest BCUT2D eigenvalue weighted by Gasteiger charge is -2.23. The Morgan fingerprint density at radius 1 is 1.43 bits per heavy atom. The molecular formula is C15H19ClN4O. The van der Waals surface area contributed by atoms with Crippen LogP contribution in [0.4, 0.5) is 0 Å². The van der Waals surface area contributed by atoms with E-state index in [1.807, 2.05) is 37.5 Å². The summed E-state index contributed by atoms with van der Waals surface area (Å²) in [4.78, 5) is 14.2. The van der Waals surface area contributed by atoms with Crippen molar-refractivity contribution in [2.75, 3.05) is 14.1 Å². The van der Waals surface area contributed by atoms with Gasteiger partial charge in [-0.25, -0.2) is 0 Å². The van der Waals surface area contributed by atoms with Crippen LogP contribution in [-0.2, 0) is 18.4 Å². The molecule has 0 aliphatic heterocycles. The Labute approximate surface area is 129 Å². The highest BCUT2D eigenvalue weighted by atomic mass is 35.5. The molecule has 2 aromatic rings. The van der Waals surface area contributed by atoms with Gasteiger partial charge in [0.05, 0.1) is 6.20 Å². The number of rotatable bonds is 5. The van der Waals surface area contributed by atoms with E-state index in [9.17, 15) is 4.79 Å². The number of nitrogens with one attached hydrogen (secondary N) is 1. The zero-order valence-electron chi connectivity index (χ0n) is 12.4. The number of likely N-dealkylation sites (N-methyl/N-ethyl adjacent to an activating group) is 2. The first-order valence-electron chi connectivity index (χ1n) is 6.66. The molecule has 112 valence electrons. The monoisotopic (exact) mass is 306 g/mol. The van der Waals surface area contributed by atoms with Gasteiger partial charge in [-0.1, -0.05) is 23.7 Å². The van der Waals surface area contributed by atoms with E-state index in [1.165, 1.54) is 0 Å². The number of carbonyl (C=O) groups is 1. The van der Waals surface area contributed by atoms with Gasteiger partial charge in [0.15, 0.2) is 0 Å². The minimum atomic E-state index is -0.393. The molecule has 1 N–H and O–H groups in total. The van der Waals surface area contributed by atoms with E-state index in [-0.39, 0.29) is 5.91 Å². The van der Waals surface area contributed by atoms with Gasteiger partial charge in [0.2, 0.25) is 5.91 Å². The Hall–Kier alpha value is -1.85. The quantitative estimate of drug-likeness (QED) is 0.919. The SMILES string of the molecule is CNC(C(=O)N(C)Cc1ccc(Cl)cc1)c1cnn(C)c1. The van der Waals surface area contributed by atoms with Crippen LogP contribution in [0.15, 0.2) is 36.7 Å². The van der Waals surface area contributed by atoms with Crippen LogP contribution in [-0.4, -0.2) is 34.7 Å². The van der Waals surface area contributed by atoms with Gasteiger partial charge in [-0.15, -0.1) is 0 Å². The molecule has 1 unspecified atom stereocenters. The second-order valence-electron chi connectivity index (χ2n) is 4.99. The van der Waals surface area contributed by atoms with Gasteiger partial charge < -0.3 is 10.2 Å². The van der Waals surface area contributed by atoms with E-state index in [0.29, 0.717) is 11.6 Å². The number of carbonyl (C=O) groups excluding carboxylic acids is 1. The molecule has 1 atom stereocenters. The Balaban J connectivity index is 2.08. The highest BCUT2D eigenvalue weighted by molar-refractivity contribution is 6.30. The summed E-state index contributed by atoms with van der Waals surface area (Å²) in [7, 11) is 5.39. The first-order chi connectivity index (χ1) is 10.0. The van der Waals surface area contributed by atoms with Gasteiger partial charge >= 0.3 is 0 Å². The first kappa shape index (κ1) is 15.5. The molecule has 1 amide bonds. The van der Waals surface area contributed by atoms with E-state index in [4.69, 9.17) is 11.6 Å². The molecule has 5 nitrogen and oxygen atoms in total. The molecule has 0 saturated carbocycles. The molecule has 2 rings (SSSR count). The lowest BCUT2D eigenvalue weighted by atomic mass is 10.1.